The molecule has 2 aromatic carbocycles. The van der Waals surface area contributed by atoms with Crippen LogP contribution in [0.25, 0.3) is 10.9 Å². The van der Waals surface area contributed by atoms with Gasteiger partial charge in [0.1, 0.15) is 5.82 Å². The number of benzene rings is 2. The first-order chi connectivity index (χ1) is 9.22. The minimum atomic E-state index is -0.413. The molecule has 94 valence electrons. The number of ether oxygens (including phenoxy) is 1. The highest BCUT2D eigenvalue weighted by atomic mass is 19.1. The van der Waals surface area contributed by atoms with Crippen LogP contribution in [0.15, 0.2) is 48.7 Å². The van der Waals surface area contributed by atoms with Crippen LogP contribution in [0.4, 0.5) is 10.1 Å². The molecule has 0 spiro atoms. The van der Waals surface area contributed by atoms with Crippen molar-refractivity contribution in [3.63, 3.8) is 0 Å². The minimum Gasteiger partial charge on any atom is -0.422 e. The van der Waals surface area contributed by atoms with Gasteiger partial charge in [0.15, 0.2) is 5.75 Å². The van der Waals surface area contributed by atoms with Crippen molar-refractivity contribution in [3.8, 4) is 11.8 Å². The lowest BCUT2D eigenvalue weighted by molar-refractivity contribution is 0.445. The van der Waals surface area contributed by atoms with Gasteiger partial charge in [0.2, 0.25) is 0 Å². The summed E-state index contributed by atoms with van der Waals surface area (Å²) in [7, 11) is 0. The van der Waals surface area contributed by atoms with Crippen LogP contribution in [-0.4, -0.2) is 9.97 Å². The quantitative estimate of drug-likeness (QED) is 0.714. The van der Waals surface area contributed by atoms with Crippen LogP contribution in [-0.2, 0) is 0 Å². The Bertz CT molecular complexity index is 746. The molecule has 0 aliphatic carbocycles. The second-order valence-electron chi connectivity index (χ2n) is 4.00. The summed E-state index contributed by atoms with van der Waals surface area (Å²) in [6.07, 6.45) is 1.66. The van der Waals surface area contributed by atoms with E-state index in [9.17, 15) is 4.39 Å². The van der Waals surface area contributed by atoms with E-state index in [1.807, 2.05) is 24.3 Å². The van der Waals surface area contributed by atoms with Crippen LogP contribution >= 0.6 is 0 Å². The maximum Gasteiger partial charge on any atom is 0.322 e. The Morgan fingerprint density at radius 1 is 1.11 bits per heavy atom. The summed E-state index contributed by atoms with van der Waals surface area (Å²) in [6.45, 7) is 0. The lowest BCUT2D eigenvalue weighted by Gasteiger charge is -2.07. The number of nitrogens with zero attached hydrogens (tertiary/aromatic N) is 2. The van der Waals surface area contributed by atoms with Gasteiger partial charge >= 0.3 is 6.01 Å². The van der Waals surface area contributed by atoms with Gasteiger partial charge in [0.05, 0.1) is 11.2 Å². The lowest BCUT2D eigenvalue weighted by Crippen LogP contribution is -1.96. The number of aromatic nitrogens is 2. The molecule has 0 fully saturated rings. The number of para-hydroxylation sites is 1. The minimum absolute atomic E-state index is 0.178. The molecule has 0 saturated heterocycles. The molecule has 2 N–H and O–H groups in total. The predicted molar refractivity (Wildman–Crippen MR) is 70.4 cm³/mol. The van der Waals surface area contributed by atoms with Crippen molar-refractivity contribution in [2.75, 3.05) is 5.73 Å². The Balaban J connectivity index is 1.96. The van der Waals surface area contributed by atoms with Crippen molar-refractivity contribution in [1.29, 1.82) is 0 Å². The smallest absolute Gasteiger partial charge is 0.322 e. The summed E-state index contributed by atoms with van der Waals surface area (Å²) in [5.41, 5.74) is 6.64. The van der Waals surface area contributed by atoms with E-state index >= 15 is 0 Å². The van der Waals surface area contributed by atoms with E-state index in [0.717, 1.165) is 10.9 Å². The lowest BCUT2D eigenvalue weighted by atomic mass is 10.2. The second-order valence-corrected chi connectivity index (χ2v) is 4.00. The first kappa shape index (κ1) is 11.4. The molecule has 0 amide bonds. The maximum absolute atomic E-state index is 12.9. The molecule has 3 rings (SSSR count). The average molecular weight is 255 g/mol. The van der Waals surface area contributed by atoms with Crippen molar-refractivity contribution in [3.05, 3.63) is 54.5 Å². The second kappa shape index (κ2) is 4.53. The molecule has 5 heteroatoms. The molecule has 0 aliphatic heterocycles. The largest absolute Gasteiger partial charge is 0.422 e. The van der Waals surface area contributed by atoms with Gasteiger partial charge < -0.3 is 10.5 Å². The third kappa shape index (κ3) is 2.30. The van der Waals surface area contributed by atoms with Crippen LogP contribution in [0.1, 0.15) is 0 Å². The van der Waals surface area contributed by atoms with Crippen molar-refractivity contribution in [1.82, 2.24) is 9.97 Å². The van der Waals surface area contributed by atoms with Gasteiger partial charge in [-0.25, -0.2) is 9.37 Å². The van der Waals surface area contributed by atoms with Gasteiger partial charge in [-0.2, -0.15) is 4.98 Å². The number of fused-ring (bicyclic) bond motifs is 1. The molecule has 1 heterocycles. The summed E-state index contributed by atoms with van der Waals surface area (Å²) in [5, 5.41) is 0.918. The highest BCUT2D eigenvalue weighted by Gasteiger charge is 2.06. The summed E-state index contributed by atoms with van der Waals surface area (Å²) in [4.78, 5) is 8.33. The number of halogens is 1. The van der Waals surface area contributed by atoms with Gasteiger partial charge in [0, 0.05) is 17.6 Å². The number of hydrogen-bond acceptors (Lipinski definition) is 4. The number of nitrogens with two attached hydrogens (primary N) is 1. The molecule has 0 saturated carbocycles. The Morgan fingerprint density at radius 3 is 2.79 bits per heavy atom. The zero-order chi connectivity index (χ0) is 13.2. The van der Waals surface area contributed by atoms with Crippen LogP contribution < -0.4 is 10.5 Å². The molecule has 19 heavy (non-hydrogen) atoms. The summed E-state index contributed by atoms with van der Waals surface area (Å²) < 4.78 is 18.4. The van der Waals surface area contributed by atoms with E-state index in [4.69, 9.17) is 10.5 Å². The van der Waals surface area contributed by atoms with Crippen molar-refractivity contribution in [2.24, 2.45) is 0 Å². The Morgan fingerprint density at radius 2 is 1.95 bits per heavy atom. The van der Waals surface area contributed by atoms with Gasteiger partial charge in [-0.05, 0) is 18.2 Å². The molecule has 1 aromatic heterocycles. The van der Waals surface area contributed by atoms with Crippen LogP contribution in [0, 0.1) is 5.82 Å². The fraction of sp³-hybridized carbons (Fsp3) is 0. The first-order valence-electron chi connectivity index (χ1n) is 5.67. The van der Waals surface area contributed by atoms with Crippen molar-refractivity contribution >= 4 is 16.6 Å². The normalized spacial score (nSPS) is 10.6. The highest BCUT2D eigenvalue weighted by molar-refractivity contribution is 5.77. The van der Waals surface area contributed by atoms with Crippen LogP contribution in [0.3, 0.4) is 0 Å². The standard InChI is InChI=1S/C14H10FN3O/c15-10-5-6-13(11(16)7-10)19-14-17-8-9-3-1-2-4-12(9)18-14/h1-8H,16H2. The van der Waals surface area contributed by atoms with E-state index in [1.165, 1.54) is 18.2 Å². The topological polar surface area (TPSA) is 61.0 Å². The predicted octanol–water partition coefficient (Wildman–Crippen LogP) is 3.14. The highest BCUT2D eigenvalue weighted by Crippen LogP contribution is 2.26. The first-order valence-corrected chi connectivity index (χ1v) is 5.67. The van der Waals surface area contributed by atoms with E-state index in [-0.39, 0.29) is 11.7 Å². The molecular formula is C14H10FN3O. The Labute approximate surface area is 108 Å². The fourth-order valence-electron chi connectivity index (χ4n) is 1.71. The van der Waals surface area contributed by atoms with Gasteiger partial charge in [0.25, 0.3) is 0 Å². The van der Waals surface area contributed by atoms with Crippen LogP contribution in [0.2, 0.25) is 0 Å². The van der Waals surface area contributed by atoms with E-state index in [1.54, 1.807) is 6.20 Å². The Hall–Kier alpha value is -2.69. The maximum atomic E-state index is 12.9. The molecular weight excluding hydrogens is 245 g/mol. The zero-order valence-corrected chi connectivity index (χ0v) is 9.88. The third-order valence-corrected chi connectivity index (χ3v) is 2.64. The molecule has 4 nitrogen and oxygen atoms in total. The van der Waals surface area contributed by atoms with Gasteiger partial charge in [-0.1, -0.05) is 18.2 Å². The van der Waals surface area contributed by atoms with Crippen molar-refractivity contribution < 1.29 is 9.13 Å². The molecule has 0 radical (unpaired) electrons. The monoisotopic (exact) mass is 255 g/mol. The third-order valence-electron chi connectivity index (χ3n) is 2.64. The molecule has 0 atom stereocenters. The average Bonchev–Trinajstić information content (AvgIpc) is 2.42. The van der Waals surface area contributed by atoms with E-state index in [2.05, 4.69) is 9.97 Å². The number of rotatable bonds is 2. The molecule has 0 bridgehead atoms. The number of hydrogen-bond donors (Lipinski definition) is 1. The fourth-order valence-corrected chi connectivity index (χ4v) is 1.71. The van der Waals surface area contributed by atoms with Crippen molar-refractivity contribution in [2.45, 2.75) is 0 Å². The van der Waals surface area contributed by atoms with Gasteiger partial charge in [-0.3, -0.25) is 0 Å². The van der Waals surface area contributed by atoms with E-state index < -0.39 is 5.82 Å². The SMILES string of the molecule is Nc1cc(F)ccc1Oc1ncc2ccccc2n1. The van der Waals surface area contributed by atoms with Crippen LogP contribution in [0.5, 0.6) is 11.8 Å². The molecule has 0 unspecified atom stereocenters. The summed E-state index contributed by atoms with van der Waals surface area (Å²) >= 11 is 0. The Kier molecular flexibility index (Phi) is 2.72. The van der Waals surface area contributed by atoms with Gasteiger partial charge in [-0.15, -0.1) is 0 Å². The molecule has 3 aromatic rings. The zero-order valence-electron chi connectivity index (χ0n) is 9.88. The summed E-state index contributed by atoms with van der Waals surface area (Å²) in [5.74, 6) is -0.0824. The number of anilines is 1. The summed E-state index contributed by atoms with van der Waals surface area (Å²) in [6, 6.07) is 11.6. The number of nitrogen functional groups attached to an aromatic ring is 1. The van der Waals surface area contributed by atoms with E-state index in [0.29, 0.717) is 5.75 Å². The molecule has 0 aliphatic rings.